The molecule has 0 heterocycles. The zero-order valence-corrected chi connectivity index (χ0v) is 13.2. The molecule has 0 radical (unpaired) electrons. The molecule has 0 unspecified atom stereocenters. The predicted molar refractivity (Wildman–Crippen MR) is 82.5 cm³/mol. The number of halogens is 3. The maximum atomic E-state index is 11.7. The molecule has 1 amide bonds. The highest BCUT2D eigenvalue weighted by molar-refractivity contribution is 6.41. The summed E-state index contributed by atoms with van der Waals surface area (Å²) in [6.45, 7) is 4.20. The molecule has 1 aromatic carbocycles. The van der Waals surface area contributed by atoms with Crippen LogP contribution in [-0.4, -0.2) is 18.5 Å². The molecule has 3 nitrogen and oxygen atoms in total. The zero-order valence-electron chi connectivity index (χ0n) is 10.9. The van der Waals surface area contributed by atoms with Crippen molar-refractivity contribution in [1.82, 2.24) is 5.32 Å². The molecule has 0 saturated heterocycles. The number of carbonyl (C=O) groups excluding carboxylic acids is 1. The Balaban J connectivity index is 2.60. The molecule has 0 bridgehead atoms. The highest BCUT2D eigenvalue weighted by Gasteiger charge is 2.11. The molecule has 19 heavy (non-hydrogen) atoms. The third-order valence-corrected chi connectivity index (χ3v) is 3.60. The maximum absolute atomic E-state index is 11.7. The van der Waals surface area contributed by atoms with E-state index in [9.17, 15) is 4.79 Å². The molecule has 0 atom stereocenters. The lowest BCUT2D eigenvalue weighted by molar-refractivity contribution is -0.120. The van der Waals surface area contributed by atoms with Crippen molar-refractivity contribution in [2.45, 2.75) is 32.7 Å². The van der Waals surface area contributed by atoms with Crippen LogP contribution in [0, 0.1) is 0 Å². The van der Waals surface area contributed by atoms with Crippen LogP contribution in [0.15, 0.2) is 12.1 Å². The minimum atomic E-state index is -0.0872. The van der Waals surface area contributed by atoms with Gasteiger partial charge in [-0.15, -0.1) is 0 Å². The van der Waals surface area contributed by atoms with Crippen molar-refractivity contribution in [3.8, 4) is 0 Å². The van der Waals surface area contributed by atoms with E-state index in [2.05, 4.69) is 10.6 Å². The normalized spacial score (nSPS) is 10.6. The quantitative estimate of drug-likeness (QED) is 0.816. The van der Waals surface area contributed by atoms with Gasteiger partial charge in [-0.1, -0.05) is 48.7 Å². The number of amides is 1. The number of nitrogens with one attached hydrogen (secondary N) is 2. The summed E-state index contributed by atoms with van der Waals surface area (Å²) in [4.78, 5) is 11.7. The van der Waals surface area contributed by atoms with Gasteiger partial charge in [0.05, 0.1) is 22.3 Å². The highest BCUT2D eigenvalue weighted by atomic mass is 35.5. The third-order valence-electron chi connectivity index (χ3n) is 2.78. The fourth-order valence-corrected chi connectivity index (χ4v) is 2.60. The minimum Gasteiger partial charge on any atom is -0.374 e. The van der Waals surface area contributed by atoms with E-state index in [1.807, 2.05) is 13.8 Å². The van der Waals surface area contributed by atoms with Crippen LogP contribution >= 0.6 is 34.8 Å². The third kappa shape index (κ3) is 5.09. The average molecular weight is 324 g/mol. The number of anilines is 1. The molecular formula is C13H17Cl3N2O. The first-order valence-electron chi connectivity index (χ1n) is 6.15. The first-order valence-corrected chi connectivity index (χ1v) is 7.29. The van der Waals surface area contributed by atoms with Crippen LogP contribution in [0.25, 0.3) is 0 Å². The number of hydrogen-bond acceptors (Lipinski definition) is 2. The Hall–Kier alpha value is -0.640. The summed E-state index contributed by atoms with van der Waals surface area (Å²) in [7, 11) is 0. The van der Waals surface area contributed by atoms with E-state index in [1.165, 1.54) is 0 Å². The average Bonchev–Trinajstić information content (AvgIpc) is 2.34. The summed E-state index contributed by atoms with van der Waals surface area (Å²) in [5, 5.41) is 7.10. The second-order valence-corrected chi connectivity index (χ2v) is 5.43. The summed E-state index contributed by atoms with van der Waals surface area (Å²) in [5.41, 5.74) is 0.521. The zero-order chi connectivity index (χ0) is 14.4. The van der Waals surface area contributed by atoms with Crippen LogP contribution in [0.1, 0.15) is 26.7 Å². The van der Waals surface area contributed by atoms with Gasteiger partial charge in [0.2, 0.25) is 5.91 Å². The van der Waals surface area contributed by atoms with Crippen molar-refractivity contribution in [2.24, 2.45) is 0 Å². The smallest absolute Gasteiger partial charge is 0.239 e. The molecule has 6 heteroatoms. The van der Waals surface area contributed by atoms with E-state index in [-0.39, 0.29) is 18.5 Å². The Bertz CT molecular complexity index is 425. The molecule has 1 aromatic rings. The molecule has 2 N–H and O–H groups in total. The maximum Gasteiger partial charge on any atom is 0.239 e. The second kappa shape index (κ2) is 7.83. The van der Waals surface area contributed by atoms with Gasteiger partial charge in [0.1, 0.15) is 0 Å². The molecule has 0 spiro atoms. The Morgan fingerprint density at radius 2 is 1.68 bits per heavy atom. The molecule has 0 aromatic heterocycles. The minimum absolute atomic E-state index is 0.0872. The van der Waals surface area contributed by atoms with Crippen LogP contribution in [0.4, 0.5) is 5.69 Å². The van der Waals surface area contributed by atoms with Gasteiger partial charge < -0.3 is 10.6 Å². The lowest BCUT2D eigenvalue weighted by atomic mass is 10.2. The monoisotopic (exact) mass is 322 g/mol. The molecule has 1 rings (SSSR count). The number of rotatable bonds is 6. The van der Waals surface area contributed by atoms with E-state index in [4.69, 9.17) is 34.8 Å². The molecule has 106 valence electrons. The Kier molecular flexibility index (Phi) is 6.76. The topological polar surface area (TPSA) is 41.1 Å². The van der Waals surface area contributed by atoms with E-state index < -0.39 is 0 Å². The van der Waals surface area contributed by atoms with Crippen molar-refractivity contribution in [3.63, 3.8) is 0 Å². The Morgan fingerprint density at radius 3 is 2.16 bits per heavy atom. The van der Waals surface area contributed by atoms with E-state index in [0.717, 1.165) is 12.8 Å². The summed E-state index contributed by atoms with van der Waals surface area (Å²) in [6.07, 6.45) is 1.81. The lowest BCUT2D eigenvalue weighted by Crippen LogP contribution is -2.37. The Morgan fingerprint density at radius 1 is 1.16 bits per heavy atom. The van der Waals surface area contributed by atoms with Crippen LogP contribution in [0.3, 0.4) is 0 Å². The predicted octanol–water partition coefficient (Wildman–Crippen LogP) is 4.36. The van der Waals surface area contributed by atoms with Gasteiger partial charge >= 0.3 is 0 Å². The molecule has 0 fully saturated rings. The first-order chi connectivity index (χ1) is 8.97. The fraction of sp³-hybridized carbons (Fsp3) is 0.462. The lowest BCUT2D eigenvalue weighted by Gasteiger charge is -2.16. The summed E-state index contributed by atoms with van der Waals surface area (Å²) in [6, 6.07) is 3.36. The van der Waals surface area contributed by atoms with Crippen molar-refractivity contribution in [3.05, 3.63) is 27.2 Å². The summed E-state index contributed by atoms with van der Waals surface area (Å²) in [5.74, 6) is -0.0872. The van der Waals surface area contributed by atoms with Crippen molar-refractivity contribution in [1.29, 1.82) is 0 Å². The van der Waals surface area contributed by atoms with Crippen LogP contribution in [0.5, 0.6) is 0 Å². The van der Waals surface area contributed by atoms with Gasteiger partial charge in [0.15, 0.2) is 0 Å². The second-order valence-electron chi connectivity index (χ2n) is 4.18. The van der Waals surface area contributed by atoms with Crippen LogP contribution in [-0.2, 0) is 4.79 Å². The molecular weight excluding hydrogens is 307 g/mol. The Labute approximate surface area is 128 Å². The summed E-state index contributed by atoms with van der Waals surface area (Å²) < 4.78 is 0. The van der Waals surface area contributed by atoms with Gasteiger partial charge in [-0.3, -0.25) is 4.79 Å². The van der Waals surface area contributed by atoms with E-state index in [0.29, 0.717) is 20.8 Å². The summed E-state index contributed by atoms with van der Waals surface area (Å²) >= 11 is 17.8. The molecule has 0 aliphatic carbocycles. The highest BCUT2D eigenvalue weighted by Crippen LogP contribution is 2.33. The van der Waals surface area contributed by atoms with Gasteiger partial charge in [0.25, 0.3) is 0 Å². The molecule has 0 aliphatic heterocycles. The number of carbonyl (C=O) groups is 1. The van der Waals surface area contributed by atoms with Crippen molar-refractivity contribution >= 4 is 46.4 Å². The molecule has 0 saturated carbocycles. The number of hydrogen-bond donors (Lipinski definition) is 2. The SMILES string of the molecule is CCC(CC)NC(=O)CNc1c(Cl)cc(Cl)cc1Cl. The van der Waals surface area contributed by atoms with E-state index >= 15 is 0 Å². The van der Waals surface area contributed by atoms with Crippen LogP contribution in [0.2, 0.25) is 15.1 Å². The standard InChI is InChI=1S/C13H17Cl3N2O/c1-3-9(4-2)18-12(19)7-17-13-10(15)5-8(14)6-11(13)16/h5-6,9,17H,3-4,7H2,1-2H3,(H,18,19). The van der Waals surface area contributed by atoms with Gasteiger partial charge in [-0.25, -0.2) is 0 Å². The fourth-order valence-electron chi connectivity index (χ4n) is 1.65. The van der Waals surface area contributed by atoms with E-state index in [1.54, 1.807) is 12.1 Å². The molecule has 0 aliphatic rings. The first kappa shape index (κ1) is 16.4. The van der Waals surface area contributed by atoms with Crippen molar-refractivity contribution in [2.75, 3.05) is 11.9 Å². The van der Waals surface area contributed by atoms with Gasteiger partial charge in [-0.05, 0) is 25.0 Å². The van der Waals surface area contributed by atoms with Gasteiger partial charge in [0, 0.05) is 11.1 Å². The van der Waals surface area contributed by atoms with Crippen molar-refractivity contribution < 1.29 is 4.79 Å². The largest absolute Gasteiger partial charge is 0.374 e. The van der Waals surface area contributed by atoms with Crippen LogP contribution < -0.4 is 10.6 Å². The van der Waals surface area contributed by atoms with Gasteiger partial charge in [-0.2, -0.15) is 0 Å². The number of benzene rings is 1.